The van der Waals surface area contributed by atoms with Crippen LogP contribution in [0.15, 0.2) is 46.2 Å². The summed E-state index contributed by atoms with van der Waals surface area (Å²) in [5.41, 5.74) is -0.720. The van der Waals surface area contributed by atoms with Crippen LogP contribution in [0.2, 0.25) is 0 Å². The van der Waals surface area contributed by atoms with Crippen molar-refractivity contribution in [3.63, 3.8) is 0 Å². The van der Waals surface area contributed by atoms with E-state index >= 15 is 0 Å². The van der Waals surface area contributed by atoms with E-state index in [1.165, 1.54) is 12.1 Å². The number of ether oxygens (including phenoxy) is 4. The molecule has 0 radical (unpaired) electrons. The maximum absolute atomic E-state index is 12.2. The largest absolute Gasteiger partial charge is 2.00 e. The Morgan fingerprint density at radius 2 is 0.660 bits per heavy atom. The maximum atomic E-state index is 12.2. The fourth-order valence-corrected chi connectivity index (χ4v) is 4.72. The van der Waals surface area contributed by atoms with Crippen molar-refractivity contribution in [2.45, 2.75) is 90.9 Å². The Hall–Kier alpha value is -2.60. The molecule has 4 atom stereocenters. The SMILES string of the molecule is CCC(C)COC(=O)c1cc(C(=O)OCC(C)CC)cc(S(=O)(=O)[O-])c1.CCC(C)COC(=O)c1cc(C(=O)OCC(C)CC)cc(S(=O)(=O)[O-])c1.[Ca+2]. The van der Waals surface area contributed by atoms with Gasteiger partial charge in [-0.05, 0) is 60.1 Å². The van der Waals surface area contributed by atoms with Crippen LogP contribution >= 0.6 is 0 Å². The minimum Gasteiger partial charge on any atom is -0.744 e. The third kappa shape index (κ3) is 18.5. The van der Waals surface area contributed by atoms with Crippen LogP contribution < -0.4 is 0 Å². The summed E-state index contributed by atoms with van der Waals surface area (Å²) in [4.78, 5) is 47.3. The zero-order valence-corrected chi connectivity index (χ0v) is 35.5. The summed E-state index contributed by atoms with van der Waals surface area (Å²) in [5.74, 6) is -2.68. The standard InChI is InChI=1S/2C18H26O7S.Ca/c2*1-5-12(3)10-24-17(19)14-7-15(9-16(8-14)26(21,22)23)18(20)25-11-13(4)6-2;/h2*7-9,12-13H,5-6,10-11H2,1-4H3,(H,21,22,23);/q;;+2/p-2. The summed E-state index contributed by atoms with van der Waals surface area (Å²) in [5, 5.41) is 0. The molecule has 0 saturated heterocycles. The minimum atomic E-state index is -4.85. The van der Waals surface area contributed by atoms with Gasteiger partial charge < -0.3 is 28.1 Å². The predicted molar refractivity (Wildman–Crippen MR) is 194 cm³/mol. The first-order valence-electron chi connectivity index (χ1n) is 17.1. The van der Waals surface area contributed by atoms with Gasteiger partial charge in [0.1, 0.15) is 20.2 Å². The maximum Gasteiger partial charge on any atom is 2.00 e. The number of carbonyl (C=O) groups is 4. The summed E-state index contributed by atoms with van der Waals surface area (Å²) < 4.78 is 88.5. The monoisotopic (exact) mass is 810 g/mol. The van der Waals surface area contributed by atoms with Crippen molar-refractivity contribution in [3.05, 3.63) is 58.7 Å². The molecule has 0 heterocycles. The molecule has 0 aliphatic rings. The van der Waals surface area contributed by atoms with Crippen LogP contribution in [0.25, 0.3) is 0 Å². The molecule has 2 aromatic rings. The molecule has 0 aliphatic heterocycles. The van der Waals surface area contributed by atoms with E-state index in [-0.39, 0.29) is 110 Å². The van der Waals surface area contributed by atoms with Gasteiger partial charge in [-0.2, -0.15) is 0 Å². The van der Waals surface area contributed by atoms with E-state index in [1.54, 1.807) is 0 Å². The van der Waals surface area contributed by atoms with Gasteiger partial charge in [-0.25, -0.2) is 36.0 Å². The Morgan fingerprint density at radius 3 is 0.811 bits per heavy atom. The first kappa shape index (κ1) is 50.4. The quantitative estimate of drug-likeness (QED) is 0.0773. The zero-order chi connectivity index (χ0) is 39.8. The third-order valence-corrected chi connectivity index (χ3v) is 9.74. The molecule has 0 fully saturated rings. The van der Waals surface area contributed by atoms with Crippen molar-refractivity contribution >= 4 is 81.9 Å². The Bertz CT molecular complexity index is 1530. The molecule has 4 unspecified atom stereocenters. The second-order valence-corrected chi connectivity index (χ2v) is 15.6. The van der Waals surface area contributed by atoms with E-state index in [1.807, 2.05) is 55.4 Å². The topological polar surface area (TPSA) is 220 Å². The molecule has 14 nitrogen and oxygen atoms in total. The van der Waals surface area contributed by atoms with Crippen molar-refractivity contribution in [2.24, 2.45) is 23.7 Å². The number of benzene rings is 2. The van der Waals surface area contributed by atoms with Crippen molar-refractivity contribution in [1.29, 1.82) is 0 Å². The molecular formula is C36H50CaO14S2. The van der Waals surface area contributed by atoms with Gasteiger partial charge in [0.15, 0.2) is 0 Å². The second-order valence-electron chi connectivity index (χ2n) is 12.8. The van der Waals surface area contributed by atoms with Crippen LogP contribution in [-0.2, 0) is 39.2 Å². The van der Waals surface area contributed by atoms with E-state index in [4.69, 9.17) is 18.9 Å². The second kappa shape index (κ2) is 24.0. The summed E-state index contributed by atoms with van der Waals surface area (Å²) in [6.07, 6.45) is 3.20. The summed E-state index contributed by atoms with van der Waals surface area (Å²) >= 11 is 0. The Labute approximate surface area is 343 Å². The number of hydrogen-bond acceptors (Lipinski definition) is 14. The average Bonchev–Trinajstić information content (AvgIpc) is 3.12. The molecule has 2 rings (SSSR count). The van der Waals surface area contributed by atoms with Crippen LogP contribution in [0, 0.1) is 23.7 Å². The van der Waals surface area contributed by atoms with E-state index in [0.29, 0.717) is 0 Å². The van der Waals surface area contributed by atoms with Gasteiger partial charge in [0, 0.05) is 0 Å². The molecule has 0 bridgehead atoms. The fraction of sp³-hybridized carbons (Fsp3) is 0.556. The number of carbonyl (C=O) groups excluding carboxylic acids is 4. The average molecular weight is 811 g/mol. The molecule has 292 valence electrons. The van der Waals surface area contributed by atoms with Gasteiger partial charge in [0.05, 0.1) is 58.5 Å². The Kier molecular flexibility index (Phi) is 22.8. The zero-order valence-electron chi connectivity index (χ0n) is 31.7. The van der Waals surface area contributed by atoms with Gasteiger partial charge in [0.2, 0.25) is 0 Å². The normalized spacial score (nSPS) is 13.5. The molecular weight excluding hydrogens is 761 g/mol. The van der Waals surface area contributed by atoms with Gasteiger partial charge >= 0.3 is 61.6 Å². The van der Waals surface area contributed by atoms with Crippen molar-refractivity contribution in [2.75, 3.05) is 26.4 Å². The van der Waals surface area contributed by atoms with Crippen molar-refractivity contribution in [1.82, 2.24) is 0 Å². The molecule has 17 heteroatoms. The first-order valence-corrected chi connectivity index (χ1v) is 19.9. The minimum absolute atomic E-state index is 0. The molecule has 53 heavy (non-hydrogen) atoms. The Balaban J connectivity index is 0.00000100. The van der Waals surface area contributed by atoms with Crippen molar-refractivity contribution in [3.8, 4) is 0 Å². The van der Waals surface area contributed by atoms with E-state index in [2.05, 4.69) is 0 Å². The smallest absolute Gasteiger partial charge is 0.744 e. The van der Waals surface area contributed by atoms with Gasteiger partial charge in [0.25, 0.3) is 0 Å². The molecule has 2 aromatic carbocycles. The third-order valence-electron chi connectivity index (χ3n) is 8.12. The van der Waals surface area contributed by atoms with Crippen LogP contribution in [-0.4, -0.2) is 114 Å². The number of hydrogen-bond donors (Lipinski definition) is 0. The molecule has 0 spiro atoms. The molecule has 0 aromatic heterocycles. The summed E-state index contributed by atoms with van der Waals surface area (Å²) in [7, 11) is -9.70. The van der Waals surface area contributed by atoms with Crippen molar-refractivity contribution < 1.29 is 64.1 Å². The predicted octanol–water partition coefficient (Wildman–Crippen LogP) is 5.61. The summed E-state index contributed by atoms with van der Waals surface area (Å²) in [6.45, 7) is 15.9. The molecule has 0 N–H and O–H groups in total. The molecule has 0 amide bonds. The molecule has 0 aliphatic carbocycles. The van der Waals surface area contributed by atoms with Gasteiger partial charge in [-0.1, -0.05) is 81.1 Å². The van der Waals surface area contributed by atoms with E-state index in [9.17, 15) is 45.1 Å². The van der Waals surface area contributed by atoms with Crippen LogP contribution in [0.3, 0.4) is 0 Å². The number of rotatable bonds is 18. The summed E-state index contributed by atoms with van der Waals surface area (Å²) in [6, 6.07) is 5.98. The van der Waals surface area contributed by atoms with Gasteiger partial charge in [-0.15, -0.1) is 0 Å². The van der Waals surface area contributed by atoms with Crippen LogP contribution in [0.4, 0.5) is 0 Å². The first-order chi connectivity index (χ1) is 24.2. The van der Waals surface area contributed by atoms with E-state index < -0.39 is 53.9 Å². The number of esters is 4. The van der Waals surface area contributed by atoms with E-state index in [0.717, 1.165) is 49.9 Å². The molecule has 0 saturated carbocycles. The Morgan fingerprint density at radius 1 is 0.472 bits per heavy atom. The van der Waals surface area contributed by atoms with Gasteiger partial charge in [-0.3, -0.25) is 0 Å². The van der Waals surface area contributed by atoms with Crippen LogP contribution in [0.5, 0.6) is 0 Å². The van der Waals surface area contributed by atoms with Crippen LogP contribution in [0.1, 0.15) is 123 Å². The fourth-order valence-electron chi connectivity index (χ4n) is 3.63.